The molecule has 7 nitrogen and oxygen atoms in total. The third kappa shape index (κ3) is 4.52. The highest BCUT2D eigenvalue weighted by atomic mass is 28.3. The molecule has 178 valence electrons. The van der Waals surface area contributed by atoms with Crippen LogP contribution in [0.3, 0.4) is 0 Å². The molecule has 0 radical (unpaired) electrons. The standard InChI is InChI=1S/C26H33N5O2Si/c1-17-20(8-9-21-25(17)28-15-31(21)16-33-10-11-34(3,4)5)22-12-19-13-24(27-14-23(19)30(22)2)29-26(32)18-6-7-18/h8-9,12-15,18H,6-7,10-11,16H2,1-5H3,(H,27,29,32). The first-order valence-corrected chi connectivity index (χ1v) is 15.7. The molecule has 0 bridgehead atoms. The molecule has 4 aromatic rings. The molecule has 0 saturated heterocycles. The van der Waals surface area contributed by atoms with Crippen molar-refractivity contribution in [2.45, 2.75) is 52.2 Å². The van der Waals surface area contributed by atoms with Crippen LogP contribution < -0.4 is 5.32 Å². The number of nitrogens with one attached hydrogen (secondary N) is 1. The summed E-state index contributed by atoms with van der Waals surface area (Å²) >= 11 is 0. The van der Waals surface area contributed by atoms with E-state index in [1.807, 2.05) is 18.6 Å². The normalized spacial score (nSPS) is 14.3. The fourth-order valence-corrected chi connectivity index (χ4v) is 5.08. The number of anilines is 1. The summed E-state index contributed by atoms with van der Waals surface area (Å²) in [6.45, 7) is 10.5. The average Bonchev–Trinajstić information content (AvgIpc) is 3.48. The molecule has 0 unspecified atom stereocenters. The van der Waals surface area contributed by atoms with Crippen LogP contribution in [-0.4, -0.2) is 39.7 Å². The molecule has 1 aliphatic rings. The molecule has 1 amide bonds. The summed E-state index contributed by atoms with van der Waals surface area (Å²) in [7, 11) is 0.954. The van der Waals surface area contributed by atoms with E-state index in [4.69, 9.17) is 9.72 Å². The highest BCUT2D eigenvalue weighted by Crippen LogP contribution is 2.34. The highest BCUT2D eigenvalue weighted by Gasteiger charge is 2.29. The number of imidazole rings is 1. The van der Waals surface area contributed by atoms with Gasteiger partial charge in [-0.25, -0.2) is 9.97 Å². The van der Waals surface area contributed by atoms with E-state index in [1.54, 1.807) is 0 Å². The molecule has 1 aliphatic carbocycles. The zero-order valence-electron chi connectivity index (χ0n) is 20.7. The van der Waals surface area contributed by atoms with Gasteiger partial charge in [0.2, 0.25) is 5.91 Å². The molecule has 0 atom stereocenters. The van der Waals surface area contributed by atoms with Gasteiger partial charge >= 0.3 is 0 Å². The van der Waals surface area contributed by atoms with E-state index in [9.17, 15) is 4.79 Å². The van der Waals surface area contributed by atoms with Crippen molar-refractivity contribution in [3.05, 3.63) is 42.4 Å². The number of ether oxygens (including phenoxy) is 1. The predicted octanol–water partition coefficient (Wildman–Crippen LogP) is 5.56. The quantitative estimate of drug-likeness (QED) is 0.267. The van der Waals surface area contributed by atoms with Crippen LogP contribution in [0.25, 0.3) is 33.2 Å². The third-order valence-electron chi connectivity index (χ3n) is 6.68. The highest BCUT2D eigenvalue weighted by molar-refractivity contribution is 6.76. The van der Waals surface area contributed by atoms with Crippen LogP contribution in [0.4, 0.5) is 5.82 Å². The van der Waals surface area contributed by atoms with E-state index < -0.39 is 8.07 Å². The zero-order valence-corrected chi connectivity index (χ0v) is 21.7. The van der Waals surface area contributed by atoms with Gasteiger partial charge in [-0.2, -0.15) is 0 Å². The number of fused-ring (bicyclic) bond motifs is 2. The van der Waals surface area contributed by atoms with Gasteiger partial charge in [0.1, 0.15) is 12.5 Å². The Kier molecular flexibility index (Phi) is 5.81. The zero-order chi connectivity index (χ0) is 24.0. The van der Waals surface area contributed by atoms with E-state index in [0.29, 0.717) is 12.5 Å². The first-order chi connectivity index (χ1) is 16.2. The van der Waals surface area contributed by atoms with Gasteiger partial charge < -0.3 is 19.2 Å². The summed E-state index contributed by atoms with van der Waals surface area (Å²) in [5, 5.41) is 4.01. The first-order valence-electron chi connectivity index (χ1n) is 12.0. The van der Waals surface area contributed by atoms with Crippen molar-refractivity contribution in [1.82, 2.24) is 19.1 Å². The molecular formula is C26H33N5O2Si. The van der Waals surface area contributed by atoms with Crippen LogP contribution >= 0.6 is 0 Å². The minimum atomic E-state index is -1.10. The van der Waals surface area contributed by atoms with Gasteiger partial charge in [-0.05, 0) is 49.6 Å². The van der Waals surface area contributed by atoms with Crippen LogP contribution in [-0.2, 0) is 23.3 Å². The number of hydrogen-bond donors (Lipinski definition) is 1. The fraction of sp³-hybridized carbons (Fsp3) is 0.423. The van der Waals surface area contributed by atoms with Crippen LogP contribution in [0.5, 0.6) is 0 Å². The summed E-state index contributed by atoms with van der Waals surface area (Å²) in [6.07, 6.45) is 5.66. The van der Waals surface area contributed by atoms with Crippen molar-refractivity contribution in [1.29, 1.82) is 0 Å². The molecular weight excluding hydrogens is 442 g/mol. The molecule has 8 heteroatoms. The lowest BCUT2D eigenvalue weighted by Crippen LogP contribution is -2.21. The van der Waals surface area contributed by atoms with Crippen LogP contribution in [0.1, 0.15) is 18.4 Å². The Labute approximate surface area is 201 Å². The summed E-state index contributed by atoms with van der Waals surface area (Å²) in [5.74, 6) is 0.842. The van der Waals surface area contributed by atoms with Gasteiger partial charge in [0, 0.05) is 44.3 Å². The first kappa shape index (κ1) is 22.8. The van der Waals surface area contributed by atoms with Crippen LogP contribution in [0.15, 0.2) is 36.8 Å². The Balaban J connectivity index is 1.41. The third-order valence-corrected chi connectivity index (χ3v) is 8.38. The second kappa shape index (κ2) is 8.67. The Morgan fingerprint density at radius 3 is 2.71 bits per heavy atom. The van der Waals surface area contributed by atoms with Crippen molar-refractivity contribution in [3.63, 3.8) is 0 Å². The summed E-state index contributed by atoms with van der Waals surface area (Å²) in [4.78, 5) is 21.3. The molecule has 3 heterocycles. The van der Waals surface area contributed by atoms with E-state index in [2.05, 4.69) is 71.2 Å². The molecule has 0 spiro atoms. The Morgan fingerprint density at radius 1 is 1.18 bits per heavy atom. The van der Waals surface area contributed by atoms with Gasteiger partial charge in [0.15, 0.2) is 0 Å². The van der Waals surface area contributed by atoms with Crippen molar-refractivity contribution in [3.8, 4) is 11.3 Å². The molecule has 5 rings (SSSR count). The van der Waals surface area contributed by atoms with Crippen molar-refractivity contribution in [2.24, 2.45) is 13.0 Å². The van der Waals surface area contributed by atoms with Gasteiger partial charge in [0.05, 0.1) is 29.1 Å². The number of carbonyl (C=O) groups is 1. The van der Waals surface area contributed by atoms with Crippen LogP contribution in [0.2, 0.25) is 25.7 Å². The lowest BCUT2D eigenvalue weighted by molar-refractivity contribution is -0.117. The van der Waals surface area contributed by atoms with E-state index in [-0.39, 0.29) is 11.8 Å². The second-order valence-corrected chi connectivity index (χ2v) is 16.3. The number of pyridine rings is 1. The van der Waals surface area contributed by atoms with Gasteiger partial charge in [-0.3, -0.25) is 4.79 Å². The molecule has 34 heavy (non-hydrogen) atoms. The fourth-order valence-electron chi connectivity index (χ4n) is 4.33. The average molecular weight is 476 g/mol. The maximum absolute atomic E-state index is 12.1. The van der Waals surface area contributed by atoms with Crippen LogP contribution in [0, 0.1) is 12.8 Å². The van der Waals surface area contributed by atoms with Crippen molar-refractivity contribution >= 4 is 41.7 Å². The SMILES string of the molecule is Cc1c(-c2cc3cc(NC(=O)C4CC4)ncc3n2C)ccc2c1ncn2COCC[Si](C)(C)C. The lowest BCUT2D eigenvalue weighted by Gasteiger charge is -2.15. The van der Waals surface area contributed by atoms with E-state index >= 15 is 0 Å². The number of aryl methyl sites for hydroxylation is 2. The number of amides is 1. The van der Waals surface area contributed by atoms with Crippen molar-refractivity contribution in [2.75, 3.05) is 11.9 Å². The molecule has 1 saturated carbocycles. The summed E-state index contributed by atoms with van der Waals surface area (Å²) in [5.41, 5.74) is 6.48. The van der Waals surface area contributed by atoms with Gasteiger partial charge in [-0.15, -0.1) is 0 Å². The smallest absolute Gasteiger partial charge is 0.228 e. The topological polar surface area (TPSA) is 74.0 Å². The van der Waals surface area contributed by atoms with E-state index in [1.165, 1.54) is 0 Å². The predicted molar refractivity (Wildman–Crippen MR) is 140 cm³/mol. The number of rotatable bonds is 8. The minimum Gasteiger partial charge on any atom is -0.361 e. The molecule has 1 fully saturated rings. The monoisotopic (exact) mass is 475 g/mol. The number of aromatic nitrogens is 4. The largest absolute Gasteiger partial charge is 0.361 e. The Morgan fingerprint density at radius 2 is 1.97 bits per heavy atom. The summed E-state index contributed by atoms with van der Waals surface area (Å²) < 4.78 is 10.2. The maximum atomic E-state index is 12.1. The molecule has 1 aromatic carbocycles. The lowest BCUT2D eigenvalue weighted by atomic mass is 10.0. The maximum Gasteiger partial charge on any atom is 0.228 e. The number of nitrogens with zero attached hydrogens (tertiary/aromatic N) is 4. The minimum absolute atomic E-state index is 0.0735. The Hall–Kier alpha value is -2.97. The number of hydrogen-bond acceptors (Lipinski definition) is 4. The molecule has 1 N–H and O–H groups in total. The second-order valence-electron chi connectivity index (χ2n) is 10.6. The summed E-state index contributed by atoms with van der Waals surface area (Å²) in [6, 6.07) is 9.57. The Bertz CT molecular complexity index is 1380. The van der Waals surface area contributed by atoms with E-state index in [0.717, 1.165) is 64.2 Å². The van der Waals surface area contributed by atoms with Crippen molar-refractivity contribution < 1.29 is 9.53 Å². The number of carbonyl (C=O) groups excluding carboxylic acids is 1. The van der Waals surface area contributed by atoms with Gasteiger partial charge in [0.25, 0.3) is 0 Å². The van der Waals surface area contributed by atoms with Gasteiger partial charge in [-0.1, -0.05) is 25.7 Å². The molecule has 0 aliphatic heterocycles. The number of benzene rings is 1. The molecule has 3 aromatic heterocycles.